The summed E-state index contributed by atoms with van der Waals surface area (Å²) >= 11 is 0. The second kappa shape index (κ2) is 6.89. The third-order valence-corrected chi connectivity index (χ3v) is 5.45. The lowest BCUT2D eigenvalue weighted by Crippen LogP contribution is -2.45. The molecule has 0 saturated carbocycles. The standard InChI is InChI=1S/C20H24FN3/c21-18-3-1-16(2-4-18)6-11-23-12-8-19(9-13-23)24-14-7-17-5-10-22-15-20(17)24/h1-5,10,15,19H,6-9,11-14H2. The monoisotopic (exact) mass is 325 g/mol. The first-order valence-corrected chi connectivity index (χ1v) is 8.96. The summed E-state index contributed by atoms with van der Waals surface area (Å²) in [7, 11) is 0. The summed E-state index contributed by atoms with van der Waals surface area (Å²) in [4.78, 5) is 9.42. The summed E-state index contributed by atoms with van der Waals surface area (Å²) < 4.78 is 13.0. The minimum Gasteiger partial charge on any atom is -0.367 e. The number of rotatable bonds is 4. The molecule has 126 valence electrons. The molecule has 4 heteroatoms. The van der Waals surface area contributed by atoms with Crippen molar-refractivity contribution in [3.63, 3.8) is 0 Å². The lowest BCUT2D eigenvalue weighted by Gasteiger charge is -2.38. The van der Waals surface area contributed by atoms with Gasteiger partial charge in [-0.3, -0.25) is 4.98 Å². The van der Waals surface area contributed by atoms with E-state index in [0.717, 1.165) is 39.0 Å². The van der Waals surface area contributed by atoms with Crippen molar-refractivity contribution in [1.82, 2.24) is 9.88 Å². The van der Waals surface area contributed by atoms with Gasteiger partial charge in [-0.1, -0.05) is 12.1 Å². The van der Waals surface area contributed by atoms with E-state index in [1.165, 1.54) is 29.7 Å². The van der Waals surface area contributed by atoms with Crippen LogP contribution in [0.15, 0.2) is 42.7 Å². The Hall–Kier alpha value is -1.94. The topological polar surface area (TPSA) is 19.4 Å². The normalized spacial score (nSPS) is 18.8. The molecule has 0 amide bonds. The van der Waals surface area contributed by atoms with Crippen LogP contribution >= 0.6 is 0 Å². The number of hydrogen-bond acceptors (Lipinski definition) is 3. The number of likely N-dealkylation sites (tertiary alicyclic amines) is 1. The lowest BCUT2D eigenvalue weighted by molar-refractivity contribution is 0.212. The van der Waals surface area contributed by atoms with Gasteiger partial charge in [-0.2, -0.15) is 0 Å². The average Bonchev–Trinajstić information content (AvgIpc) is 3.06. The Kier molecular flexibility index (Phi) is 4.48. The van der Waals surface area contributed by atoms with Crippen molar-refractivity contribution in [1.29, 1.82) is 0 Å². The van der Waals surface area contributed by atoms with Crippen molar-refractivity contribution in [3.05, 3.63) is 59.7 Å². The SMILES string of the molecule is Fc1ccc(CCN2CCC(N3CCc4ccncc43)CC2)cc1. The summed E-state index contributed by atoms with van der Waals surface area (Å²) in [5, 5.41) is 0. The molecule has 3 nitrogen and oxygen atoms in total. The molecule has 0 unspecified atom stereocenters. The number of fused-ring (bicyclic) bond motifs is 1. The van der Waals surface area contributed by atoms with Crippen LogP contribution < -0.4 is 4.90 Å². The largest absolute Gasteiger partial charge is 0.367 e. The molecule has 0 aliphatic carbocycles. The van der Waals surface area contributed by atoms with Crippen molar-refractivity contribution < 1.29 is 4.39 Å². The van der Waals surface area contributed by atoms with Crippen LogP contribution in [0.3, 0.4) is 0 Å². The van der Waals surface area contributed by atoms with Gasteiger partial charge in [-0.15, -0.1) is 0 Å². The van der Waals surface area contributed by atoms with Crippen LogP contribution in [0.4, 0.5) is 10.1 Å². The van der Waals surface area contributed by atoms with Gasteiger partial charge in [0.2, 0.25) is 0 Å². The number of aromatic nitrogens is 1. The van der Waals surface area contributed by atoms with Gasteiger partial charge in [-0.25, -0.2) is 4.39 Å². The Morgan fingerprint density at radius 1 is 1.04 bits per heavy atom. The molecule has 0 N–H and O–H groups in total. The highest BCUT2D eigenvalue weighted by Crippen LogP contribution is 2.31. The molecule has 0 spiro atoms. The molecule has 1 saturated heterocycles. The predicted molar refractivity (Wildman–Crippen MR) is 94.9 cm³/mol. The molecule has 0 bridgehead atoms. The summed E-state index contributed by atoms with van der Waals surface area (Å²) in [5.41, 5.74) is 4.02. The zero-order valence-corrected chi connectivity index (χ0v) is 14.0. The molecule has 1 aromatic carbocycles. The molecule has 0 radical (unpaired) electrons. The van der Waals surface area contributed by atoms with Gasteiger partial charge in [0, 0.05) is 38.4 Å². The maximum Gasteiger partial charge on any atom is 0.123 e. The molecule has 1 fully saturated rings. The summed E-state index contributed by atoms with van der Waals surface area (Å²) in [5.74, 6) is -0.153. The minimum atomic E-state index is -0.153. The van der Waals surface area contributed by atoms with Gasteiger partial charge in [0.1, 0.15) is 5.82 Å². The number of nitrogens with zero attached hydrogens (tertiary/aromatic N) is 3. The van der Waals surface area contributed by atoms with E-state index in [9.17, 15) is 4.39 Å². The maximum atomic E-state index is 13.0. The van der Waals surface area contributed by atoms with Crippen LogP contribution in [-0.2, 0) is 12.8 Å². The number of piperidine rings is 1. The van der Waals surface area contributed by atoms with Crippen molar-refractivity contribution in [2.45, 2.75) is 31.7 Å². The summed E-state index contributed by atoms with van der Waals surface area (Å²) in [6.07, 6.45) is 8.53. The van der Waals surface area contributed by atoms with Crippen LogP contribution in [0, 0.1) is 5.82 Å². The van der Waals surface area contributed by atoms with E-state index in [4.69, 9.17) is 0 Å². The highest BCUT2D eigenvalue weighted by molar-refractivity contribution is 5.57. The first kappa shape index (κ1) is 15.6. The van der Waals surface area contributed by atoms with E-state index in [0.29, 0.717) is 6.04 Å². The van der Waals surface area contributed by atoms with E-state index in [2.05, 4.69) is 20.9 Å². The van der Waals surface area contributed by atoms with Crippen molar-refractivity contribution in [3.8, 4) is 0 Å². The number of halogens is 1. The van der Waals surface area contributed by atoms with Crippen LogP contribution in [0.2, 0.25) is 0 Å². The fourth-order valence-corrected chi connectivity index (χ4v) is 4.02. The Balaban J connectivity index is 1.29. The fourth-order valence-electron chi connectivity index (χ4n) is 4.02. The Labute approximate surface area is 143 Å². The van der Waals surface area contributed by atoms with Crippen molar-refractivity contribution in [2.24, 2.45) is 0 Å². The maximum absolute atomic E-state index is 13.0. The molecule has 4 rings (SSSR count). The third-order valence-electron chi connectivity index (χ3n) is 5.45. The van der Waals surface area contributed by atoms with Crippen LogP contribution in [-0.4, -0.2) is 42.1 Å². The van der Waals surface area contributed by atoms with Gasteiger partial charge >= 0.3 is 0 Å². The Morgan fingerprint density at radius 3 is 2.62 bits per heavy atom. The summed E-state index contributed by atoms with van der Waals surface area (Å²) in [6, 6.07) is 9.72. The van der Waals surface area contributed by atoms with E-state index in [1.54, 1.807) is 12.1 Å². The third kappa shape index (κ3) is 3.29. The highest BCUT2D eigenvalue weighted by Gasteiger charge is 2.29. The van der Waals surface area contributed by atoms with Crippen LogP contribution in [0.1, 0.15) is 24.0 Å². The first-order valence-electron chi connectivity index (χ1n) is 8.96. The van der Waals surface area contributed by atoms with Crippen molar-refractivity contribution >= 4 is 5.69 Å². The number of benzene rings is 1. The fraction of sp³-hybridized carbons (Fsp3) is 0.450. The molecule has 2 aliphatic heterocycles. The Morgan fingerprint density at radius 2 is 1.83 bits per heavy atom. The van der Waals surface area contributed by atoms with Gasteiger partial charge in [0.15, 0.2) is 0 Å². The smallest absolute Gasteiger partial charge is 0.123 e. The van der Waals surface area contributed by atoms with Crippen LogP contribution in [0.25, 0.3) is 0 Å². The number of hydrogen-bond donors (Lipinski definition) is 0. The molecule has 1 aromatic heterocycles. The second-order valence-corrected chi connectivity index (χ2v) is 6.90. The second-order valence-electron chi connectivity index (χ2n) is 6.90. The number of anilines is 1. The van der Waals surface area contributed by atoms with E-state index >= 15 is 0 Å². The van der Waals surface area contributed by atoms with Gasteiger partial charge < -0.3 is 9.80 Å². The average molecular weight is 325 g/mol. The summed E-state index contributed by atoms with van der Waals surface area (Å²) in [6.45, 7) is 4.51. The molecule has 2 aliphatic rings. The van der Waals surface area contributed by atoms with Gasteiger partial charge in [0.25, 0.3) is 0 Å². The molecule has 24 heavy (non-hydrogen) atoms. The zero-order chi connectivity index (χ0) is 16.4. The first-order chi connectivity index (χ1) is 11.8. The predicted octanol–water partition coefficient (Wildman–Crippen LogP) is 3.29. The zero-order valence-electron chi connectivity index (χ0n) is 14.0. The van der Waals surface area contributed by atoms with E-state index in [1.807, 2.05) is 24.5 Å². The molecular formula is C20H24FN3. The van der Waals surface area contributed by atoms with Crippen LogP contribution in [0.5, 0.6) is 0 Å². The highest BCUT2D eigenvalue weighted by atomic mass is 19.1. The molecule has 2 aromatic rings. The Bertz CT molecular complexity index is 678. The van der Waals surface area contributed by atoms with E-state index in [-0.39, 0.29) is 5.82 Å². The molecule has 3 heterocycles. The lowest BCUT2D eigenvalue weighted by atomic mass is 10.0. The van der Waals surface area contributed by atoms with Gasteiger partial charge in [-0.05, 0) is 55.0 Å². The van der Waals surface area contributed by atoms with Gasteiger partial charge in [0.05, 0.1) is 11.9 Å². The number of pyridine rings is 1. The van der Waals surface area contributed by atoms with Crippen molar-refractivity contribution in [2.75, 3.05) is 31.1 Å². The minimum absolute atomic E-state index is 0.153. The molecular weight excluding hydrogens is 301 g/mol. The van der Waals surface area contributed by atoms with E-state index < -0.39 is 0 Å². The molecule has 0 atom stereocenters. The quantitative estimate of drug-likeness (QED) is 0.860.